The van der Waals surface area contributed by atoms with E-state index in [0.717, 1.165) is 30.8 Å². The fraction of sp³-hybridized carbons (Fsp3) is 0.471. The Morgan fingerprint density at radius 1 is 1.15 bits per heavy atom. The number of benzene rings is 1. The zero-order valence-electron chi connectivity index (χ0n) is 12.4. The van der Waals surface area contributed by atoms with Gasteiger partial charge in [0.25, 0.3) is 0 Å². The molecule has 0 saturated carbocycles. The summed E-state index contributed by atoms with van der Waals surface area (Å²) in [6.07, 6.45) is 3.45. The van der Waals surface area contributed by atoms with Crippen molar-refractivity contribution in [3.05, 3.63) is 34.9 Å². The number of anilines is 1. The van der Waals surface area contributed by atoms with Gasteiger partial charge in [0.1, 0.15) is 5.82 Å². The Balaban J connectivity index is 2.17. The molecular weight excluding hydrogens is 246 g/mol. The first kappa shape index (κ1) is 13.4. The van der Waals surface area contributed by atoms with Crippen molar-refractivity contribution in [2.24, 2.45) is 5.73 Å². The topological polar surface area (TPSA) is 42.1 Å². The van der Waals surface area contributed by atoms with Crippen LogP contribution in [0.1, 0.15) is 29.5 Å². The van der Waals surface area contributed by atoms with Crippen LogP contribution in [0.15, 0.2) is 18.2 Å². The van der Waals surface area contributed by atoms with Crippen molar-refractivity contribution in [3.8, 4) is 0 Å². The van der Waals surface area contributed by atoms with Gasteiger partial charge in [-0.15, -0.1) is 0 Å². The standard InChI is InChI=1S/C17H23N3/c1-12-9-13(2)15-11-14(5-6-18)17(19-16(15)10-12)20-7-3-4-8-20/h9-11H,3-8,18H2,1-2H3. The molecule has 1 fully saturated rings. The van der Waals surface area contributed by atoms with Crippen LogP contribution in [0.2, 0.25) is 0 Å². The lowest BCUT2D eigenvalue weighted by Gasteiger charge is -2.21. The Morgan fingerprint density at radius 3 is 2.60 bits per heavy atom. The highest BCUT2D eigenvalue weighted by atomic mass is 15.2. The summed E-state index contributed by atoms with van der Waals surface area (Å²) in [6, 6.07) is 6.72. The van der Waals surface area contributed by atoms with Gasteiger partial charge >= 0.3 is 0 Å². The lowest BCUT2D eigenvalue weighted by molar-refractivity contribution is 0.897. The number of aromatic nitrogens is 1. The van der Waals surface area contributed by atoms with Crippen molar-refractivity contribution >= 4 is 16.7 Å². The van der Waals surface area contributed by atoms with Gasteiger partial charge in [-0.25, -0.2) is 4.98 Å². The van der Waals surface area contributed by atoms with Crippen LogP contribution in [0.5, 0.6) is 0 Å². The van der Waals surface area contributed by atoms with E-state index in [9.17, 15) is 0 Å². The highest BCUT2D eigenvalue weighted by molar-refractivity contribution is 5.85. The van der Waals surface area contributed by atoms with Crippen molar-refractivity contribution in [1.82, 2.24) is 4.98 Å². The van der Waals surface area contributed by atoms with Crippen LogP contribution in [-0.4, -0.2) is 24.6 Å². The van der Waals surface area contributed by atoms with Crippen LogP contribution in [0.3, 0.4) is 0 Å². The second kappa shape index (κ2) is 5.41. The van der Waals surface area contributed by atoms with E-state index in [2.05, 4.69) is 36.9 Å². The first-order chi connectivity index (χ1) is 9.69. The number of hydrogen-bond acceptors (Lipinski definition) is 3. The third kappa shape index (κ3) is 2.38. The fourth-order valence-corrected chi connectivity index (χ4v) is 3.20. The van der Waals surface area contributed by atoms with Crippen LogP contribution in [0.4, 0.5) is 5.82 Å². The molecule has 3 heteroatoms. The summed E-state index contributed by atoms with van der Waals surface area (Å²) in [5, 5.41) is 1.27. The number of aryl methyl sites for hydroxylation is 2. The van der Waals surface area contributed by atoms with Gasteiger partial charge in [-0.3, -0.25) is 0 Å². The molecule has 0 radical (unpaired) electrons. The number of hydrogen-bond donors (Lipinski definition) is 1. The Morgan fingerprint density at radius 2 is 1.90 bits per heavy atom. The Labute approximate surface area is 120 Å². The van der Waals surface area contributed by atoms with Gasteiger partial charge in [0.15, 0.2) is 0 Å². The molecule has 0 amide bonds. The number of pyridine rings is 1. The Kier molecular flexibility index (Phi) is 3.62. The number of nitrogens with two attached hydrogens (primary N) is 1. The average molecular weight is 269 g/mol. The van der Waals surface area contributed by atoms with E-state index in [1.807, 2.05) is 0 Å². The maximum absolute atomic E-state index is 5.79. The molecular formula is C17H23N3. The highest BCUT2D eigenvalue weighted by Crippen LogP contribution is 2.29. The predicted molar refractivity (Wildman–Crippen MR) is 85.4 cm³/mol. The number of rotatable bonds is 3. The summed E-state index contributed by atoms with van der Waals surface area (Å²) in [4.78, 5) is 7.39. The zero-order chi connectivity index (χ0) is 14.1. The van der Waals surface area contributed by atoms with E-state index in [1.54, 1.807) is 0 Å². The smallest absolute Gasteiger partial charge is 0.132 e. The highest BCUT2D eigenvalue weighted by Gasteiger charge is 2.18. The van der Waals surface area contributed by atoms with Gasteiger partial charge < -0.3 is 10.6 Å². The first-order valence-corrected chi connectivity index (χ1v) is 7.55. The lowest BCUT2D eigenvalue weighted by atomic mass is 10.0. The van der Waals surface area contributed by atoms with E-state index < -0.39 is 0 Å². The molecule has 2 N–H and O–H groups in total. The van der Waals surface area contributed by atoms with Crippen LogP contribution in [0.25, 0.3) is 10.9 Å². The van der Waals surface area contributed by atoms with Crippen molar-refractivity contribution in [2.45, 2.75) is 33.1 Å². The minimum absolute atomic E-state index is 0.679. The Bertz CT molecular complexity index is 628. The van der Waals surface area contributed by atoms with E-state index in [4.69, 9.17) is 10.7 Å². The molecule has 1 aliphatic rings. The normalized spacial score (nSPS) is 15.2. The molecule has 106 valence electrons. The second-order valence-corrected chi connectivity index (χ2v) is 5.85. The molecule has 1 aromatic carbocycles. The Hall–Kier alpha value is -1.61. The average Bonchev–Trinajstić information content (AvgIpc) is 2.93. The molecule has 1 saturated heterocycles. The molecule has 3 rings (SSSR count). The molecule has 1 aromatic heterocycles. The minimum Gasteiger partial charge on any atom is -0.356 e. The monoisotopic (exact) mass is 269 g/mol. The summed E-state index contributed by atoms with van der Waals surface area (Å²) < 4.78 is 0. The molecule has 2 aromatic rings. The van der Waals surface area contributed by atoms with Crippen molar-refractivity contribution in [2.75, 3.05) is 24.5 Å². The SMILES string of the molecule is Cc1cc(C)c2cc(CCN)c(N3CCCC3)nc2c1. The van der Waals surface area contributed by atoms with E-state index in [1.165, 1.54) is 34.9 Å². The van der Waals surface area contributed by atoms with Crippen LogP contribution < -0.4 is 10.6 Å². The van der Waals surface area contributed by atoms with Gasteiger partial charge in [0.2, 0.25) is 0 Å². The van der Waals surface area contributed by atoms with Crippen molar-refractivity contribution in [3.63, 3.8) is 0 Å². The molecule has 1 aliphatic heterocycles. The molecule has 0 aliphatic carbocycles. The van der Waals surface area contributed by atoms with Crippen LogP contribution >= 0.6 is 0 Å². The summed E-state index contributed by atoms with van der Waals surface area (Å²) in [7, 11) is 0. The van der Waals surface area contributed by atoms with Gasteiger partial charge in [0.05, 0.1) is 5.52 Å². The number of nitrogens with zero attached hydrogens (tertiary/aromatic N) is 2. The molecule has 0 unspecified atom stereocenters. The predicted octanol–water partition coefficient (Wildman–Crippen LogP) is 2.95. The van der Waals surface area contributed by atoms with Crippen molar-refractivity contribution in [1.29, 1.82) is 0 Å². The number of fused-ring (bicyclic) bond motifs is 1. The third-order valence-electron chi connectivity index (χ3n) is 4.16. The van der Waals surface area contributed by atoms with Gasteiger partial charge in [0, 0.05) is 18.5 Å². The van der Waals surface area contributed by atoms with E-state index in [-0.39, 0.29) is 0 Å². The van der Waals surface area contributed by atoms with Crippen LogP contribution in [0, 0.1) is 13.8 Å². The van der Waals surface area contributed by atoms with E-state index in [0.29, 0.717) is 6.54 Å². The molecule has 3 nitrogen and oxygen atoms in total. The first-order valence-electron chi connectivity index (χ1n) is 7.55. The fourth-order valence-electron chi connectivity index (χ4n) is 3.20. The molecule has 0 bridgehead atoms. The summed E-state index contributed by atoms with van der Waals surface area (Å²) >= 11 is 0. The maximum atomic E-state index is 5.79. The lowest BCUT2D eigenvalue weighted by Crippen LogP contribution is -2.21. The summed E-state index contributed by atoms with van der Waals surface area (Å²) in [5.41, 5.74) is 10.8. The quantitative estimate of drug-likeness (QED) is 0.931. The van der Waals surface area contributed by atoms with Gasteiger partial charge in [-0.2, -0.15) is 0 Å². The largest absolute Gasteiger partial charge is 0.356 e. The molecule has 0 atom stereocenters. The van der Waals surface area contributed by atoms with Gasteiger partial charge in [-0.05, 0) is 68.5 Å². The minimum atomic E-state index is 0.679. The molecule has 0 spiro atoms. The second-order valence-electron chi connectivity index (χ2n) is 5.85. The molecule has 20 heavy (non-hydrogen) atoms. The van der Waals surface area contributed by atoms with E-state index >= 15 is 0 Å². The summed E-state index contributed by atoms with van der Waals surface area (Å²) in [6.45, 7) is 7.23. The maximum Gasteiger partial charge on any atom is 0.132 e. The third-order valence-corrected chi connectivity index (χ3v) is 4.16. The zero-order valence-corrected chi connectivity index (χ0v) is 12.4. The summed E-state index contributed by atoms with van der Waals surface area (Å²) in [5.74, 6) is 1.16. The molecule has 2 heterocycles. The van der Waals surface area contributed by atoms with Gasteiger partial charge in [-0.1, -0.05) is 6.07 Å². The van der Waals surface area contributed by atoms with Crippen molar-refractivity contribution < 1.29 is 0 Å². The van der Waals surface area contributed by atoms with Crippen LogP contribution in [-0.2, 0) is 6.42 Å².